The number of anilines is 1. The quantitative estimate of drug-likeness (QED) is 0.658. The monoisotopic (exact) mass is 376 g/mol. The van der Waals surface area contributed by atoms with Gasteiger partial charge in [0, 0.05) is 45.1 Å². The van der Waals surface area contributed by atoms with E-state index in [9.17, 15) is 0 Å². The highest BCUT2D eigenvalue weighted by molar-refractivity contribution is 5.85. The van der Waals surface area contributed by atoms with Gasteiger partial charge in [-0.15, -0.1) is 0 Å². The van der Waals surface area contributed by atoms with Crippen LogP contribution in [-0.4, -0.2) is 48.7 Å². The first-order valence-corrected chi connectivity index (χ1v) is 9.54. The molecule has 6 heteroatoms. The lowest BCUT2D eigenvalue weighted by molar-refractivity contribution is 0.381. The summed E-state index contributed by atoms with van der Waals surface area (Å²) in [5.74, 6) is 1.72. The number of allylic oxidation sites excluding steroid dienone is 1. The van der Waals surface area contributed by atoms with Crippen LogP contribution in [0.5, 0.6) is 0 Å². The van der Waals surface area contributed by atoms with Crippen LogP contribution in [0.25, 0.3) is 5.57 Å². The second-order valence-corrected chi connectivity index (χ2v) is 6.92. The van der Waals surface area contributed by atoms with Gasteiger partial charge < -0.3 is 15.5 Å². The molecule has 2 heterocycles. The summed E-state index contributed by atoms with van der Waals surface area (Å²) in [5.41, 5.74) is 10.2. The topological polar surface area (TPSA) is 70.1 Å². The molecule has 1 aromatic carbocycles. The van der Waals surface area contributed by atoms with Crippen molar-refractivity contribution in [1.82, 2.24) is 9.88 Å². The van der Waals surface area contributed by atoms with Crippen LogP contribution in [-0.2, 0) is 6.54 Å². The molecule has 146 valence electrons. The minimum absolute atomic E-state index is 0.532. The maximum atomic E-state index is 5.74. The minimum Gasteiger partial charge on any atom is -0.353 e. The van der Waals surface area contributed by atoms with Crippen LogP contribution in [0.2, 0.25) is 0 Å². The van der Waals surface area contributed by atoms with Crippen LogP contribution in [0.1, 0.15) is 23.6 Å². The van der Waals surface area contributed by atoms with Crippen LogP contribution in [0.4, 0.5) is 5.82 Å². The third-order valence-electron chi connectivity index (χ3n) is 4.98. The Bertz CT molecular complexity index is 878. The number of aromatic nitrogens is 1. The van der Waals surface area contributed by atoms with E-state index < -0.39 is 0 Å². The Morgan fingerprint density at radius 2 is 2.00 bits per heavy atom. The largest absolute Gasteiger partial charge is 0.353 e. The number of nitrogens with zero attached hydrogens (tertiary/aromatic N) is 5. The molecule has 0 unspecified atom stereocenters. The van der Waals surface area contributed by atoms with Gasteiger partial charge in [0.25, 0.3) is 0 Å². The van der Waals surface area contributed by atoms with Gasteiger partial charge in [0.1, 0.15) is 5.82 Å². The average Bonchev–Trinajstić information content (AvgIpc) is 2.75. The first kappa shape index (κ1) is 19.8. The minimum atomic E-state index is 0.532. The van der Waals surface area contributed by atoms with Gasteiger partial charge >= 0.3 is 0 Å². The van der Waals surface area contributed by atoms with Gasteiger partial charge in [0.05, 0.1) is 0 Å². The third kappa shape index (κ3) is 4.64. The van der Waals surface area contributed by atoms with E-state index in [2.05, 4.69) is 56.6 Å². The number of aliphatic imine (C=N–C) groups is 2. The summed E-state index contributed by atoms with van der Waals surface area (Å²) in [4.78, 5) is 17.8. The van der Waals surface area contributed by atoms with Crippen LogP contribution in [0, 0.1) is 6.92 Å². The summed E-state index contributed by atoms with van der Waals surface area (Å²) >= 11 is 0. The molecule has 0 radical (unpaired) electrons. The Labute approximate surface area is 167 Å². The molecular weight excluding hydrogens is 348 g/mol. The number of hydrogen-bond donors (Lipinski definition) is 1. The molecule has 0 aliphatic carbocycles. The van der Waals surface area contributed by atoms with Crippen molar-refractivity contribution in [3.63, 3.8) is 0 Å². The van der Waals surface area contributed by atoms with E-state index in [1.54, 1.807) is 0 Å². The molecule has 0 saturated carbocycles. The van der Waals surface area contributed by atoms with Crippen molar-refractivity contribution in [3.05, 3.63) is 65.5 Å². The molecule has 1 aliphatic heterocycles. The summed E-state index contributed by atoms with van der Waals surface area (Å²) < 4.78 is 0. The SMILES string of the molecule is C=N/C(=N\C=C(/C)c1cccc(CN)c1)N1CCN(c2ncccc2C)CC1. The molecule has 28 heavy (non-hydrogen) atoms. The van der Waals surface area contributed by atoms with E-state index in [4.69, 9.17) is 5.73 Å². The molecule has 0 bridgehead atoms. The fourth-order valence-electron chi connectivity index (χ4n) is 3.32. The molecule has 2 N–H and O–H groups in total. The molecule has 0 spiro atoms. The predicted octanol–water partition coefficient (Wildman–Crippen LogP) is 3.09. The molecule has 0 atom stereocenters. The Balaban J connectivity index is 1.68. The number of pyridine rings is 1. The number of rotatable bonds is 4. The zero-order valence-corrected chi connectivity index (χ0v) is 16.7. The Morgan fingerprint density at radius 3 is 2.68 bits per heavy atom. The standard InChI is InChI=1S/C22H28N6/c1-17-6-5-9-25-21(17)27-10-12-28(13-11-27)22(24-3)26-16-18(2)20-8-4-7-19(14-20)15-23/h4-9,14,16H,3,10-13,15,23H2,1-2H3/b18-16+,26-22+. The number of benzene rings is 1. The fraction of sp³-hybridized carbons (Fsp3) is 0.318. The van der Waals surface area contributed by atoms with E-state index in [0.717, 1.165) is 48.7 Å². The molecule has 1 saturated heterocycles. The van der Waals surface area contributed by atoms with E-state index >= 15 is 0 Å². The fourth-order valence-corrected chi connectivity index (χ4v) is 3.32. The maximum Gasteiger partial charge on any atom is 0.224 e. The van der Waals surface area contributed by atoms with Crippen molar-refractivity contribution in [1.29, 1.82) is 0 Å². The van der Waals surface area contributed by atoms with E-state index in [1.165, 1.54) is 5.56 Å². The van der Waals surface area contributed by atoms with Crippen molar-refractivity contribution in [3.8, 4) is 0 Å². The van der Waals surface area contributed by atoms with Gasteiger partial charge in [-0.3, -0.25) is 0 Å². The lowest BCUT2D eigenvalue weighted by Crippen LogP contribution is -2.48. The first-order valence-electron chi connectivity index (χ1n) is 9.54. The summed E-state index contributed by atoms with van der Waals surface area (Å²) in [5, 5.41) is 0. The van der Waals surface area contributed by atoms with Crippen LogP contribution in [0.3, 0.4) is 0 Å². The first-order chi connectivity index (χ1) is 13.6. The smallest absolute Gasteiger partial charge is 0.224 e. The third-order valence-corrected chi connectivity index (χ3v) is 4.98. The van der Waals surface area contributed by atoms with Crippen molar-refractivity contribution in [2.45, 2.75) is 20.4 Å². The molecule has 3 rings (SSSR count). The van der Waals surface area contributed by atoms with Gasteiger partial charge in [0.15, 0.2) is 0 Å². The highest BCUT2D eigenvalue weighted by atomic mass is 15.3. The molecule has 1 fully saturated rings. The summed E-state index contributed by atoms with van der Waals surface area (Å²) in [7, 11) is 0. The second kappa shape index (κ2) is 9.28. The second-order valence-electron chi connectivity index (χ2n) is 6.92. The Kier molecular flexibility index (Phi) is 6.55. The van der Waals surface area contributed by atoms with Crippen LogP contribution in [0.15, 0.2) is 58.8 Å². The molecular formula is C22H28N6. The van der Waals surface area contributed by atoms with E-state index in [1.807, 2.05) is 37.5 Å². The summed E-state index contributed by atoms with van der Waals surface area (Å²) in [6.45, 7) is 11.8. The van der Waals surface area contributed by atoms with Gasteiger partial charge in [-0.05, 0) is 48.9 Å². The summed E-state index contributed by atoms with van der Waals surface area (Å²) in [6.07, 6.45) is 3.70. The molecule has 1 aliphatic rings. The predicted molar refractivity (Wildman–Crippen MR) is 118 cm³/mol. The Morgan fingerprint density at radius 1 is 1.21 bits per heavy atom. The van der Waals surface area contributed by atoms with Gasteiger partial charge in [-0.2, -0.15) is 0 Å². The normalized spacial score (nSPS) is 15.7. The van der Waals surface area contributed by atoms with Gasteiger partial charge in [-0.25, -0.2) is 15.0 Å². The Hall–Kier alpha value is -2.99. The van der Waals surface area contributed by atoms with Crippen LogP contribution >= 0.6 is 0 Å². The number of aryl methyl sites for hydroxylation is 1. The van der Waals surface area contributed by atoms with Crippen molar-refractivity contribution < 1.29 is 0 Å². The maximum absolute atomic E-state index is 5.74. The van der Waals surface area contributed by atoms with E-state index in [0.29, 0.717) is 12.5 Å². The number of guanidine groups is 1. The highest BCUT2D eigenvalue weighted by Gasteiger charge is 2.20. The van der Waals surface area contributed by atoms with Crippen molar-refractivity contribution >= 4 is 24.1 Å². The number of hydrogen-bond acceptors (Lipinski definition) is 4. The molecule has 6 nitrogen and oxygen atoms in total. The van der Waals surface area contributed by atoms with Gasteiger partial charge in [0.2, 0.25) is 5.96 Å². The number of piperazine rings is 1. The van der Waals surface area contributed by atoms with Crippen LogP contribution < -0.4 is 10.6 Å². The average molecular weight is 377 g/mol. The lowest BCUT2D eigenvalue weighted by atomic mass is 10.1. The summed E-state index contributed by atoms with van der Waals surface area (Å²) in [6, 6.07) is 12.3. The lowest BCUT2D eigenvalue weighted by Gasteiger charge is -2.36. The van der Waals surface area contributed by atoms with Crippen molar-refractivity contribution in [2.75, 3.05) is 31.1 Å². The molecule has 0 amide bonds. The van der Waals surface area contributed by atoms with E-state index in [-0.39, 0.29) is 0 Å². The molecule has 1 aromatic heterocycles. The molecule has 2 aromatic rings. The van der Waals surface area contributed by atoms with Gasteiger partial charge in [-0.1, -0.05) is 30.3 Å². The highest BCUT2D eigenvalue weighted by Crippen LogP contribution is 2.19. The number of nitrogens with two attached hydrogens (primary N) is 1. The van der Waals surface area contributed by atoms with Crippen molar-refractivity contribution in [2.24, 2.45) is 15.7 Å². The zero-order chi connectivity index (χ0) is 19.9. The zero-order valence-electron chi connectivity index (χ0n) is 16.7.